The molecule has 44 valence electrons. The van der Waals surface area contributed by atoms with E-state index in [0.717, 1.165) is 12.8 Å². The molecule has 0 heterocycles. The molecule has 1 atom stereocenters. The van der Waals surface area contributed by atoms with Gasteiger partial charge in [0.1, 0.15) is 0 Å². The lowest BCUT2D eigenvalue weighted by Gasteiger charge is -2.06. The van der Waals surface area contributed by atoms with Gasteiger partial charge in [0.25, 0.3) is 0 Å². The Morgan fingerprint density at radius 1 is 1.75 bits per heavy atom. The zero-order valence-corrected chi connectivity index (χ0v) is 6.59. The third-order valence-electron chi connectivity index (χ3n) is 1.16. The fraction of sp³-hybridized carbons (Fsp3) is 0.500. The molecule has 1 rings (SSSR count). The summed E-state index contributed by atoms with van der Waals surface area (Å²) in [5.74, 6) is 0.276. The minimum absolute atomic E-state index is 0.276. The Morgan fingerprint density at radius 3 is 2.88 bits per heavy atom. The molecule has 0 aromatic carbocycles. The van der Waals surface area contributed by atoms with Crippen LogP contribution in [0.1, 0.15) is 12.8 Å². The van der Waals surface area contributed by atoms with Crippen LogP contribution in [0.4, 0.5) is 0 Å². The molecule has 0 amide bonds. The van der Waals surface area contributed by atoms with E-state index in [-0.39, 0.29) is 5.78 Å². The van der Waals surface area contributed by atoms with E-state index in [4.69, 9.17) is 0 Å². The summed E-state index contributed by atoms with van der Waals surface area (Å²) in [5.41, 5.74) is 0. The van der Waals surface area contributed by atoms with Crippen molar-refractivity contribution >= 4 is 28.4 Å². The summed E-state index contributed by atoms with van der Waals surface area (Å²) >= 11 is 2.33. The molecule has 0 bridgehead atoms. The SMILES string of the molecule is O=C1C=CC(I)CC1. The smallest absolute Gasteiger partial charge is 0.155 e. The number of carbonyl (C=O) groups is 1. The Morgan fingerprint density at radius 2 is 2.50 bits per heavy atom. The van der Waals surface area contributed by atoms with E-state index < -0.39 is 0 Å². The van der Waals surface area contributed by atoms with Crippen molar-refractivity contribution in [1.82, 2.24) is 0 Å². The highest BCUT2D eigenvalue weighted by Crippen LogP contribution is 2.15. The highest BCUT2D eigenvalue weighted by Gasteiger charge is 2.07. The average molecular weight is 222 g/mol. The van der Waals surface area contributed by atoms with Gasteiger partial charge < -0.3 is 0 Å². The third-order valence-corrected chi connectivity index (χ3v) is 2.20. The highest BCUT2D eigenvalue weighted by atomic mass is 127. The molecule has 0 saturated carbocycles. The first kappa shape index (κ1) is 6.26. The van der Waals surface area contributed by atoms with Gasteiger partial charge in [0, 0.05) is 10.3 Å². The first-order chi connectivity index (χ1) is 3.79. The lowest BCUT2D eigenvalue weighted by atomic mass is 10.1. The van der Waals surface area contributed by atoms with Gasteiger partial charge in [-0.15, -0.1) is 0 Å². The number of carbonyl (C=O) groups excluding carboxylic acids is 1. The first-order valence-corrected chi connectivity index (χ1v) is 3.89. The van der Waals surface area contributed by atoms with E-state index in [0.29, 0.717) is 3.92 Å². The predicted molar refractivity (Wildman–Crippen MR) is 41.2 cm³/mol. The standard InChI is InChI=1S/C6H7IO/c7-5-1-3-6(8)4-2-5/h1,3,5H,2,4H2. The Labute approximate surface area is 62.3 Å². The molecule has 8 heavy (non-hydrogen) atoms. The fourth-order valence-corrected chi connectivity index (χ4v) is 1.19. The number of ketones is 1. The maximum absolute atomic E-state index is 10.5. The zero-order valence-electron chi connectivity index (χ0n) is 4.43. The molecule has 0 aromatic rings. The van der Waals surface area contributed by atoms with Crippen LogP contribution in [0, 0.1) is 0 Å². The Balaban J connectivity index is 2.55. The van der Waals surface area contributed by atoms with E-state index in [1.807, 2.05) is 6.08 Å². The minimum atomic E-state index is 0.276. The van der Waals surface area contributed by atoms with Gasteiger partial charge in [-0.25, -0.2) is 0 Å². The predicted octanol–water partition coefficient (Wildman–Crippen LogP) is 1.71. The van der Waals surface area contributed by atoms with E-state index >= 15 is 0 Å². The van der Waals surface area contributed by atoms with E-state index in [2.05, 4.69) is 22.6 Å². The van der Waals surface area contributed by atoms with Crippen molar-refractivity contribution in [3.05, 3.63) is 12.2 Å². The molecule has 0 aliphatic heterocycles. The van der Waals surface area contributed by atoms with Gasteiger partial charge in [0.15, 0.2) is 5.78 Å². The van der Waals surface area contributed by atoms with Crippen LogP contribution in [0.5, 0.6) is 0 Å². The quantitative estimate of drug-likeness (QED) is 0.450. The van der Waals surface area contributed by atoms with Gasteiger partial charge in [-0.05, 0) is 12.5 Å². The van der Waals surface area contributed by atoms with Crippen LogP contribution in [0.15, 0.2) is 12.2 Å². The lowest BCUT2D eigenvalue weighted by molar-refractivity contribution is -0.114. The third kappa shape index (κ3) is 1.58. The molecule has 0 N–H and O–H groups in total. The molecule has 0 fully saturated rings. The molecule has 1 unspecified atom stereocenters. The van der Waals surface area contributed by atoms with Crippen molar-refractivity contribution in [3.63, 3.8) is 0 Å². The van der Waals surface area contributed by atoms with Crippen molar-refractivity contribution in [2.45, 2.75) is 16.8 Å². The minimum Gasteiger partial charge on any atom is -0.295 e. The summed E-state index contributed by atoms with van der Waals surface area (Å²) < 4.78 is 0.588. The Bertz CT molecular complexity index is 128. The van der Waals surface area contributed by atoms with Crippen LogP contribution < -0.4 is 0 Å². The largest absolute Gasteiger partial charge is 0.295 e. The summed E-state index contributed by atoms with van der Waals surface area (Å²) in [6, 6.07) is 0. The van der Waals surface area contributed by atoms with Gasteiger partial charge >= 0.3 is 0 Å². The number of halogens is 1. The summed E-state index contributed by atoms with van der Waals surface area (Å²) in [7, 11) is 0. The van der Waals surface area contributed by atoms with Crippen LogP contribution in [0.25, 0.3) is 0 Å². The molecule has 2 heteroatoms. The molecule has 0 aromatic heterocycles. The van der Waals surface area contributed by atoms with Gasteiger partial charge in [-0.3, -0.25) is 4.79 Å². The second-order valence-electron chi connectivity index (χ2n) is 1.88. The van der Waals surface area contributed by atoms with Crippen LogP contribution in [0.3, 0.4) is 0 Å². The van der Waals surface area contributed by atoms with Crippen LogP contribution in [-0.2, 0) is 4.79 Å². The van der Waals surface area contributed by atoms with Crippen molar-refractivity contribution in [1.29, 1.82) is 0 Å². The normalized spacial score (nSPS) is 28.6. The molecule has 1 aliphatic rings. The van der Waals surface area contributed by atoms with Crippen LogP contribution in [-0.4, -0.2) is 9.71 Å². The number of hydrogen-bond donors (Lipinski definition) is 0. The second kappa shape index (κ2) is 2.62. The summed E-state index contributed by atoms with van der Waals surface area (Å²) in [6.07, 6.45) is 5.41. The molecular weight excluding hydrogens is 215 g/mol. The highest BCUT2D eigenvalue weighted by molar-refractivity contribution is 14.1. The second-order valence-corrected chi connectivity index (χ2v) is 3.48. The van der Waals surface area contributed by atoms with Crippen molar-refractivity contribution < 1.29 is 4.79 Å². The first-order valence-electron chi connectivity index (χ1n) is 2.64. The van der Waals surface area contributed by atoms with Crippen molar-refractivity contribution in [2.24, 2.45) is 0 Å². The topological polar surface area (TPSA) is 17.1 Å². The maximum atomic E-state index is 10.5. The van der Waals surface area contributed by atoms with Crippen molar-refractivity contribution in [2.75, 3.05) is 0 Å². The van der Waals surface area contributed by atoms with Gasteiger partial charge in [-0.2, -0.15) is 0 Å². The summed E-state index contributed by atoms with van der Waals surface area (Å²) in [5, 5.41) is 0. The fourth-order valence-electron chi connectivity index (χ4n) is 0.671. The van der Waals surface area contributed by atoms with Gasteiger partial charge in [-0.1, -0.05) is 28.7 Å². The molecule has 0 saturated heterocycles. The number of allylic oxidation sites excluding steroid dienone is 2. The summed E-state index contributed by atoms with van der Waals surface area (Å²) in [6.45, 7) is 0. The molecule has 0 radical (unpaired) electrons. The summed E-state index contributed by atoms with van der Waals surface area (Å²) in [4.78, 5) is 10.5. The molecule has 1 nitrogen and oxygen atoms in total. The Hall–Kier alpha value is 0.140. The lowest BCUT2D eigenvalue weighted by Crippen LogP contribution is -2.05. The van der Waals surface area contributed by atoms with Crippen LogP contribution >= 0.6 is 22.6 Å². The van der Waals surface area contributed by atoms with Crippen LogP contribution in [0.2, 0.25) is 0 Å². The van der Waals surface area contributed by atoms with E-state index in [1.165, 1.54) is 0 Å². The molecule has 0 spiro atoms. The van der Waals surface area contributed by atoms with Crippen molar-refractivity contribution in [3.8, 4) is 0 Å². The maximum Gasteiger partial charge on any atom is 0.155 e. The molecule has 1 aliphatic carbocycles. The zero-order chi connectivity index (χ0) is 5.98. The van der Waals surface area contributed by atoms with Gasteiger partial charge in [0.05, 0.1) is 0 Å². The van der Waals surface area contributed by atoms with E-state index in [9.17, 15) is 4.79 Å². The average Bonchev–Trinajstić information content (AvgIpc) is 1.77. The monoisotopic (exact) mass is 222 g/mol. The number of hydrogen-bond acceptors (Lipinski definition) is 1. The molecular formula is C6H7IO. The van der Waals surface area contributed by atoms with E-state index in [1.54, 1.807) is 6.08 Å². The number of rotatable bonds is 0. The Kier molecular flexibility index (Phi) is 2.05. The van der Waals surface area contributed by atoms with Gasteiger partial charge in [0.2, 0.25) is 0 Å². The number of alkyl halides is 1.